The van der Waals surface area contributed by atoms with Crippen LogP contribution < -0.4 is 15.5 Å². The Morgan fingerprint density at radius 3 is 2.37 bits per heavy atom. The highest BCUT2D eigenvalue weighted by molar-refractivity contribution is 6.33. The normalized spacial score (nSPS) is 18.9. The summed E-state index contributed by atoms with van der Waals surface area (Å²) in [5, 5.41) is 17.8. The Balaban J connectivity index is 2.27. The lowest BCUT2D eigenvalue weighted by atomic mass is 9.86. The first-order valence-electron chi connectivity index (χ1n) is 14.7. The number of alkyl carbamates (subject to hydrolysis) is 1. The molecule has 3 amide bonds. The Hall–Kier alpha value is -2.36. The maximum absolute atomic E-state index is 13.3. The predicted molar refractivity (Wildman–Crippen MR) is 164 cm³/mol. The molecule has 0 radical (unpaired) electrons. The highest BCUT2D eigenvalue weighted by atomic mass is 35.5. The summed E-state index contributed by atoms with van der Waals surface area (Å²) in [6, 6.07) is 6.45. The number of anilines is 1. The molecule has 0 bridgehead atoms. The zero-order valence-corrected chi connectivity index (χ0v) is 27.0. The number of benzene rings is 1. The summed E-state index contributed by atoms with van der Waals surface area (Å²) in [4.78, 5) is 42.9. The van der Waals surface area contributed by atoms with Crippen LogP contribution in [0.5, 0.6) is 0 Å². The molecular weight excluding hydrogens is 544 g/mol. The van der Waals surface area contributed by atoms with Gasteiger partial charge in [0, 0.05) is 31.1 Å². The van der Waals surface area contributed by atoms with Crippen molar-refractivity contribution in [2.24, 2.45) is 17.8 Å². The van der Waals surface area contributed by atoms with E-state index in [1.54, 1.807) is 31.7 Å². The van der Waals surface area contributed by atoms with E-state index in [-0.39, 0.29) is 37.2 Å². The predicted octanol–water partition coefficient (Wildman–Crippen LogP) is 4.85. The first-order chi connectivity index (χ1) is 18.9. The minimum atomic E-state index is -1.06. The van der Waals surface area contributed by atoms with E-state index >= 15 is 0 Å². The number of nitrogens with zero attached hydrogens (tertiary/aromatic N) is 2. The fourth-order valence-electron chi connectivity index (χ4n) is 4.86. The van der Waals surface area contributed by atoms with Gasteiger partial charge in [0.2, 0.25) is 11.8 Å². The second kappa shape index (κ2) is 14.7. The highest BCUT2D eigenvalue weighted by Gasteiger charge is 2.41. The zero-order chi connectivity index (χ0) is 31.1. The average molecular weight is 595 g/mol. The van der Waals surface area contributed by atoms with E-state index in [9.17, 15) is 19.5 Å². The standard InChI is InChI=1S/C31H51ClN4O5/c1-10-21(4)16-33-28(39)22(20(2)3)15-26(37)24(34-29(40)41-30(5,6)7)17-35-18-27(38)36(19-31(35,8)9)25-14-12-11-13-23(25)32/h11-14,20-22,24,26,37H,10,15-19H2,1-9H3,(H,33,39)(H,34,40)/t21?,22-,24-,26-/m0/s1. The number of hydrogen-bond acceptors (Lipinski definition) is 6. The van der Waals surface area contributed by atoms with Crippen LogP contribution in [-0.2, 0) is 14.3 Å². The molecule has 1 aliphatic heterocycles. The van der Waals surface area contributed by atoms with Gasteiger partial charge in [-0.15, -0.1) is 0 Å². The molecule has 0 aromatic heterocycles. The molecule has 2 rings (SSSR count). The number of aliphatic hydroxyl groups excluding tert-OH is 1. The quantitative estimate of drug-likeness (QED) is 0.319. The molecule has 1 fully saturated rings. The number of amides is 3. The van der Waals surface area contributed by atoms with Gasteiger partial charge in [0.15, 0.2) is 0 Å². The van der Waals surface area contributed by atoms with E-state index in [2.05, 4.69) is 24.5 Å². The van der Waals surface area contributed by atoms with E-state index in [4.69, 9.17) is 16.3 Å². The Kier molecular flexibility index (Phi) is 12.5. The van der Waals surface area contributed by atoms with Gasteiger partial charge in [-0.25, -0.2) is 4.79 Å². The number of para-hydroxylation sites is 1. The van der Waals surface area contributed by atoms with Gasteiger partial charge in [-0.05, 0) is 65.0 Å². The number of nitrogens with one attached hydrogen (secondary N) is 2. The summed E-state index contributed by atoms with van der Waals surface area (Å²) < 4.78 is 5.50. The third-order valence-corrected chi connectivity index (χ3v) is 8.03. The van der Waals surface area contributed by atoms with Crippen LogP contribution in [0.25, 0.3) is 0 Å². The summed E-state index contributed by atoms with van der Waals surface area (Å²) in [7, 11) is 0. The van der Waals surface area contributed by atoms with Gasteiger partial charge in [-0.1, -0.05) is 57.8 Å². The van der Waals surface area contributed by atoms with Gasteiger partial charge < -0.3 is 25.4 Å². The molecule has 0 aliphatic carbocycles. The second-order valence-corrected chi connectivity index (χ2v) is 13.7. The number of carbonyl (C=O) groups excluding carboxylic acids is 3. The van der Waals surface area contributed by atoms with Crippen molar-refractivity contribution in [3.8, 4) is 0 Å². The third kappa shape index (κ3) is 10.5. The van der Waals surface area contributed by atoms with Gasteiger partial charge in [-0.2, -0.15) is 0 Å². The van der Waals surface area contributed by atoms with Crippen molar-refractivity contribution in [1.82, 2.24) is 15.5 Å². The summed E-state index contributed by atoms with van der Waals surface area (Å²) >= 11 is 6.40. The van der Waals surface area contributed by atoms with Gasteiger partial charge in [-0.3, -0.25) is 14.5 Å². The highest BCUT2D eigenvalue weighted by Crippen LogP contribution is 2.32. The number of piperazine rings is 1. The first-order valence-corrected chi connectivity index (χ1v) is 15.1. The Morgan fingerprint density at radius 2 is 1.80 bits per heavy atom. The smallest absolute Gasteiger partial charge is 0.408 e. The second-order valence-electron chi connectivity index (χ2n) is 13.3. The largest absolute Gasteiger partial charge is 0.444 e. The van der Waals surface area contributed by atoms with Crippen molar-refractivity contribution in [1.29, 1.82) is 0 Å². The molecular formula is C31H51ClN4O5. The minimum Gasteiger partial charge on any atom is -0.444 e. The molecule has 3 N–H and O–H groups in total. The topological polar surface area (TPSA) is 111 Å². The monoisotopic (exact) mass is 594 g/mol. The van der Waals surface area contributed by atoms with E-state index in [0.717, 1.165) is 6.42 Å². The number of ether oxygens (including phenoxy) is 1. The summed E-state index contributed by atoms with van der Waals surface area (Å²) in [5.41, 5.74) is -0.587. The van der Waals surface area contributed by atoms with Crippen LogP contribution >= 0.6 is 11.6 Å². The lowest BCUT2D eigenvalue weighted by Gasteiger charge is -2.48. The van der Waals surface area contributed by atoms with Gasteiger partial charge in [0.05, 0.1) is 29.4 Å². The SMILES string of the molecule is CCC(C)CNC(=O)[C@@H](C[C@H](O)[C@H](CN1CC(=O)N(c2ccccc2Cl)CC1(C)C)NC(=O)OC(C)(C)C)C(C)C. The van der Waals surface area contributed by atoms with Gasteiger partial charge in [0.1, 0.15) is 5.60 Å². The lowest BCUT2D eigenvalue weighted by molar-refractivity contribution is -0.128. The number of carbonyl (C=O) groups is 3. The Morgan fingerprint density at radius 1 is 1.17 bits per heavy atom. The van der Waals surface area contributed by atoms with E-state index in [0.29, 0.717) is 29.7 Å². The molecule has 4 atom stereocenters. The lowest BCUT2D eigenvalue weighted by Crippen LogP contribution is -2.65. The van der Waals surface area contributed by atoms with Crippen LogP contribution in [0.4, 0.5) is 10.5 Å². The molecule has 0 saturated carbocycles. The number of aliphatic hydroxyl groups is 1. The molecule has 1 unspecified atom stereocenters. The molecule has 232 valence electrons. The van der Waals surface area contributed by atoms with E-state index < -0.39 is 35.3 Å². The van der Waals surface area contributed by atoms with Crippen LogP contribution in [0.2, 0.25) is 5.02 Å². The van der Waals surface area contributed by atoms with Crippen LogP contribution in [-0.4, -0.2) is 77.4 Å². The molecule has 41 heavy (non-hydrogen) atoms. The van der Waals surface area contributed by atoms with Crippen molar-refractivity contribution in [2.45, 2.75) is 98.4 Å². The molecule has 1 aromatic rings. The summed E-state index contributed by atoms with van der Waals surface area (Å²) in [5.74, 6) is -0.376. The number of hydrogen-bond donors (Lipinski definition) is 3. The zero-order valence-electron chi connectivity index (χ0n) is 26.3. The fraction of sp³-hybridized carbons (Fsp3) is 0.710. The first kappa shape index (κ1) is 34.8. The molecule has 1 saturated heterocycles. The van der Waals surface area contributed by atoms with Crippen LogP contribution in [0.3, 0.4) is 0 Å². The summed E-state index contributed by atoms with van der Waals surface area (Å²) in [6.45, 7) is 18.6. The Labute approximate surface area is 251 Å². The summed E-state index contributed by atoms with van der Waals surface area (Å²) in [6.07, 6.45) is -0.618. The molecule has 10 heteroatoms. The third-order valence-electron chi connectivity index (χ3n) is 7.71. The van der Waals surface area contributed by atoms with Crippen LogP contribution in [0.15, 0.2) is 24.3 Å². The maximum atomic E-state index is 13.3. The molecule has 1 aromatic carbocycles. The van der Waals surface area contributed by atoms with Crippen molar-refractivity contribution >= 4 is 35.2 Å². The van der Waals surface area contributed by atoms with Crippen molar-refractivity contribution in [2.75, 3.05) is 31.1 Å². The van der Waals surface area contributed by atoms with E-state index in [1.165, 1.54) is 0 Å². The number of halogens is 1. The van der Waals surface area contributed by atoms with Crippen molar-refractivity contribution in [3.63, 3.8) is 0 Å². The molecule has 1 heterocycles. The van der Waals surface area contributed by atoms with Crippen LogP contribution in [0.1, 0.15) is 75.2 Å². The average Bonchev–Trinajstić information content (AvgIpc) is 2.86. The molecule has 1 aliphatic rings. The Bertz CT molecular complexity index is 1040. The minimum absolute atomic E-state index is 0.0269. The fourth-order valence-corrected chi connectivity index (χ4v) is 5.09. The molecule has 9 nitrogen and oxygen atoms in total. The van der Waals surface area contributed by atoms with Crippen molar-refractivity contribution < 1.29 is 24.2 Å². The van der Waals surface area contributed by atoms with Gasteiger partial charge in [0.25, 0.3) is 0 Å². The van der Waals surface area contributed by atoms with Crippen LogP contribution in [0, 0.1) is 17.8 Å². The number of rotatable bonds is 12. The molecule has 0 spiro atoms. The van der Waals surface area contributed by atoms with Gasteiger partial charge >= 0.3 is 6.09 Å². The van der Waals surface area contributed by atoms with Crippen molar-refractivity contribution in [3.05, 3.63) is 29.3 Å². The van der Waals surface area contributed by atoms with E-state index in [1.807, 2.05) is 50.8 Å². The maximum Gasteiger partial charge on any atom is 0.408 e.